The summed E-state index contributed by atoms with van der Waals surface area (Å²) in [4.78, 5) is 18.6. The number of hydrogen-bond donors (Lipinski definition) is 0. The fourth-order valence-electron chi connectivity index (χ4n) is 5.41. The van der Waals surface area contributed by atoms with Crippen molar-refractivity contribution in [3.05, 3.63) is 0 Å². The number of nitrogens with zero attached hydrogens (tertiary/aromatic N) is 2. The van der Waals surface area contributed by atoms with Crippen molar-refractivity contribution in [3.63, 3.8) is 0 Å². The van der Waals surface area contributed by atoms with Crippen LogP contribution in [-0.4, -0.2) is 73.3 Å². The summed E-state index contributed by atoms with van der Waals surface area (Å²) in [5.41, 5.74) is 0. The van der Waals surface area contributed by atoms with Gasteiger partial charge in [-0.25, -0.2) is 0 Å². The van der Waals surface area contributed by atoms with Crippen LogP contribution in [0.5, 0.6) is 0 Å². The van der Waals surface area contributed by atoms with Crippen LogP contribution in [0.15, 0.2) is 0 Å². The van der Waals surface area contributed by atoms with Gasteiger partial charge in [0.2, 0.25) is 0 Å². The van der Waals surface area contributed by atoms with Crippen molar-refractivity contribution in [3.8, 4) is 0 Å². The number of unbranched alkanes of at least 4 members (excludes halogenated alkanes) is 8. The van der Waals surface area contributed by atoms with Gasteiger partial charge in [-0.2, -0.15) is 0 Å². The largest absolute Gasteiger partial charge is 0.550 e. The van der Waals surface area contributed by atoms with Crippen molar-refractivity contribution < 1.29 is 28.8 Å². The highest BCUT2D eigenvalue weighted by atomic mass is 16.4. The number of carbonyl (C=O) groups is 2. The predicted molar refractivity (Wildman–Crippen MR) is 173 cm³/mol. The van der Waals surface area contributed by atoms with E-state index in [1.807, 2.05) is 0 Å². The first kappa shape index (κ1) is 44.3. The zero-order valence-corrected chi connectivity index (χ0v) is 29.2. The lowest BCUT2D eigenvalue weighted by molar-refractivity contribution is -0.929. The standard InChI is InChI=1S/2C16H36N.C3H4O4/c2*1-5-9-13-17(14-10-6-2,15-11-7-3)16-12-8-4;4-2(5)1-3(6)7/h2*5-16H2,1-4H3;1H2,(H,4,5)(H,6,7)/q2*+1;/p-2. The molecule has 6 nitrogen and oxygen atoms in total. The Morgan fingerprint density at radius 3 is 0.585 bits per heavy atom. The molecule has 0 saturated carbocycles. The first-order valence-corrected chi connectivity index (χ1v) is 17.7. The molecule has 248 valence electrons. The Balaban J connectivity index is -0.000000574. The van der Waals surface area contributed by atoms with Crippen molar-refractivity contribution in [2.24, 2.45) is 0 Å². The molecule has 0 aliphatic carbocycles. The number of quaternary nitrogens is 2. The van der Waals surface area contributed by atoms with Crippen LogP contribution in [0.2, 0.25) is 0 Å². The van der Waals surface area contributed by atoms with Gasteiger partial charge in [0.15, 0.2) is 0 Å². The van der Waals surface area contributed by atoms with Crippen molar-refractivity contribution >= 4 is 11.9 Å². The summed E-state index contributed by atoms with van der Waals surface area (Å²) in [6.45, 7) is 30.0. The van der Waals surface area contributed by atoms with E-state index in [-0.39, 0.29) is 0 Å². The Hall–Kier alpha value is -1.14. The summed E-state index contributed by atoms with van der Waals surface area (Å²) in [5.74, 6) is -3.25. The van der Waals surface area contributed by atoms with E-state index < -0.39 is 18.4 Å². The molecular formula is C35H74N2O4. The van der Waals surface area contributed by atoms with Crippen LogP contribution in [0.4, 0.5) is 0 Å². The summed E-state index contributed by atoms with van der Waals surface area (Å²) in [5, 5.41) is 18.6. The van der Waals surface area contributed by atoms with Crippen LogP contribution in [0.1, 0.15) is 165 Å². The second kappa shape index (κ2) is 31.8. The maximum absolute atomic E-state index is 9.28. The maximum Gasteiger partial charge on any atom is 0.0786 e. The second-order valence-corrected chi connectivity index (χ2v) is 12.2. The van der Waals surface area contributed by atoms with Crippen LogP contribution in [0.3, 0.4) is 0 Å². The fraction of sp³-hybridized carbons (Fsp3) is 0.943. The van der Waals surface area contributed by atoms with Crippen molar-refractivity contribution in [2.75, 3.05) is 52.4 Å². The summed E-state index contributed by atoms with van der Waals surface area (Å²) in [6, 6.07) is 0. The molecule has 6 heteroatoms. The van der Waals surface area contributed by atoms with Crippen LogP contribution in [0.25, 0.3) is 0 Å². The molecule has 0 spiro atoms. The minimum absolute atomic E-state index is 1.03. The topological polar surface area (TPSA) is 80.3 Å². The van der Waals surface area contributed by atoms with E-state index in [1.165, 1.54) is 164 Å². The molecule has 0 saturated heterocycles. The number of carboxylic acid groups (broad SMARTS) is 2. The lowest BCUT2D eigenvalue weighted by Gasteiger charge is -2.39. The maximum atomic E-state index is 9.28. The highest BCUT2D eigenvalue weighted by molar-refractivity contribution is 5.86. The average molecular weight is 587 g/mol. The molecule has 0 aliphatic heterocycles. The normalized spacial score (nSPS) is 11.3. The van der Waals surface area contributed by atoms with Gasteiger partial charge in [-0.05, 0) is 51.4 Å². The molecule has 0 aromatic rings. The smallest absolute Gasteiger partial charge is 0.0786 e. The molecule has 0 amide bonds. The van der Waals surface area contributed by atoms with Gasteiger partial charge < -0.3 is 28.8 Å². The van der Waals surface area contributed by atoms with E-state index >= 15 is 0 Å². The highest BCUT2D eigenvalue weighted by Gasteiger charge is 2.25. The quantitative estimate of drug-likeness (QED) is 0.0817. The van der Waals surface area contributed by atoms with Gasteiger partial charge in [0.25, 0.3) is 0 Å². The molecule has 0 aromatic carbocycles. The molecule has 0 bridgehead atoms. The molecule has 0 aromatic heterocycles. The third-order valence-electron chi connectivity index (χ3n) is 8.18. The Morgan fingerprint density at radius 2 is 0.512 bits per heavy atom. The molecule has 0 unspecified atom stereocenters. The summed E-state index contributed by atoms with van der Waals surface area (Å²) < 4.78 is 2.84. The van der Waals surface area contributed by atoms with Gasteiger partial charge in [0.05, 0.1) is 52.4 Å². The van der Waals surface area contributed by atoms with Crippen LogP contribution in [0, 0.1) is 0 Å². The average Bonchev–Trinajstić information content (AvgIpc) is 2.95. The molecule has 0 radical (unpaired) electrons. The number of carboxylic acids is 2. The van der Waals surface area contributed by atoms with Crippen molar-refractivity contribution in [2.45, 2.75) is 165 Å². The first-order valence-electron chi connectivity index (χ1n) is 17.7. The lowest BCUT2D eigenvalue weighted by Crippen LogP contribution is -2.50. The van der Waals surface area contributed by atoms with Gasteiger partial charge in [-0.3, -0.25) is 0 Å². The zero-order chi connectivity index (χ0) is 31.8. The van der Waals surface area contributed by atoms with Crippen LogP contribution >= 0.6 is 0 Å². The molecule has 0 aliphatic rings. The Bertz CT molecular complexity index is 445. The van der Waals surface area contributed by atoms with Gasteiger partial charge >= 0.3 is 0 Å². The van der Waals surface area contributed by atoms with Gasteiger partial charge in [-0.15, -0.1) is 0 Å². The minimum Gasteiger partial charge on any atom is -0.550 e. The van der Waals surface area contributed by atoms with Gasteiger partial charge in [-0.1, -0.05) is 107 Å². The number of carbonyl (C=O) groups excluding carboxylic acids is 2. The van der Waals surface area contributed by atoms with Crippen LogP contribution in [-0.2, 0) is 9.59 Å². The zero-order valence-electron chi connectivity index (χ0n) is 29.2. The molecule has 0 fully saturated rings. The first-order chi connectivity index (χ1) is 19.6. The third kappa shape index (κ3) is 28.7. The van der Waals surface area contributed by atoms with E-state index in [2.05, 4.69) is 55.4 Å². The molecule has 41 heavy (non-hydrogen) atoms. The van der Waals surface area contributed by atoms with Crippen molar-refractivity contribution in [1.29, 1.82) is 0 Å². The van der Waals surface area contributed by atoms with E-state index in [0.29, 0.717) is 0 Å². The van der Waals surface area contributed by atoms with E-state index in [4.69, 9.17) is 0 Å². The van der Waals surface area contributed by atoms with Crippen LogP contribution < -0.4 is 10.2 Å². The summed E-state index contributed by atoms with van der Waals surface area (Å²) >= 11 is 0. The van der Waals surface area contributed by atoms with E-state index in [1.54, 1.807) is 0 Å². The third-order valence-corrected chi connectivity index (χ3v) is 8.18. The number of hydrogen-bond acceptors (Lipinski definition) is 4. The van der Waals surface area contributed by atoms with Gasteiger partial charge in [0.1, 0.15) is 0 Å². The lowest BCUT2D eigenvalue weighted by atomic mass is 10.1. The number of rotatable bonds is 26. The molecular weight excluding hydrogens is 512 g/mol. The highest BCUT2D eigenvalue weighted by Crippen LogP contribution is 2.17. The molecule has 0 atom stereocenters. The Labute approximate surface area is 257 Å². The predicted octanol–water partition coefficient (Wildman–Crippen LogP) is 6.88. The SMILES string of the molecule is CCCC[N+](CCCC)(CCCC)CCCC.CCCC[N+](CCCC)(CCCC)CCCC.O=C([O-])CC(=O)[O-]. The van der Waals surface area contributed by atoms with E-state index in [9.17, 15) is 19.8 Å². The molecule has 0 heterocycles. The summed E-state index contributed by atoms with van der Waals surface area (Å²) in [6.07, 6.45) is 21.1. The monoisotopic (exact) mass is 587 g/mol. The second-order valence-electron chi connectivity index (χ2n) is 12.2. The molecule has 0 rings (SSSR count). The summed E-state index contributed by atoms with van der Waals surface area (Å²) in [7, 11) is 0. The molecule has 0 N–H and O–H groups in total. The van der Waals surface area contributed by atoms with Crippen molar-refractivity contribution in [1.82, 2.24) is 0 Å². The minimum atomic E-state index is -1.63. The Kier molecular flexibility index (Phi) is 34.3. The number of aliphatic carboxylic acids is 2. The van der Waals surface area contributed by atoms with E-state index in [0.717, 1.165) is 0 Å². The Morgan fingerprint density at radius 1 is 0.366 bits per heavy atom. The fourth-order valence-corrected chi connectivity index (χ4v) is 5.41. The van der Waals surface area contributed by atoms with Gasteiger partial charge in [0, 0.05) is 18.4 Å².